The summed E-state index contributed by atoms with van der Waals surface area (Å²) in [5, 5.41) is 12.6. The molecule has 0 radical (unpaired) electrons. The van der Waals surface area contributed by atoms with Crippen molar-refractivity contribution in [1.29, 1.82) is 0 Å². The SMILES string of the molecule is CCCNC(CO)COc1ccc(C)cc1C(C)(C)C. The molecule has 0 aliphatic rings. The quantitative estimate of drug-likeness (QED) is 0.806. The Hall–Kier alpha value is -1.06. The highest BCUT2D eigenvalue weighted by Gasteiger charge is 2.19. The van der Waals surface area contributed by atoms with Gasteiger partial charge in [0, 0.05) is 0 Å². The summed E-state index contributed by atoms with van der Waals surface area (Å²) < 4.78 is 5.95. The van der Waals surface area contributed by atoms with Crippen molar-refractivity contribution in [3.8, 4) is 5.75 Å². The lowest BCUT2D eigenvalue weighted by atomic mass is 9.85. The summed E-state index contributed by atoms with van der Waals surface area (Å²) in [5.41, 5.74) is 2.50. The van der Waals surface area contributed by atoms with Gasteiger partial charge in [-0.05, 0) is 36.9 Å². The molecule has 0 saturated heterocycles. The summed E-state index contributed by atoms with van der Waals surface area (Å²) in [6, 6.07) is 6.27. The van der Waals surface area contributed by atoms with Crippen LogP contribution in [0.3, 0.4) is 0 Å². The van der Waals surface area contributed by atoms with E-state index in [-0.39, 0.29) is 18.1 Å². The van der Waals surface area contributed by atoms with Gasteiger partial charge >= 0.3 is 0 Å². The molecular formula is C17H29NO2. The molecule has 3 nitrogen and oxygen atoms in total. The predicted octanol–water partition coefficient (Wildman–Crippen LogP) is 3.03. The molecule has 114 valence electrons. The molecule has 1 unspecified atom stereocenters. The minimum absolute atomic E-state index is 0.0101. The summed E-state index contributed by atoms with van der Waals surface area (Å²) in [6.45, 7) is 12.3. The second kappa shape index (κ2) is 7.65. The number of rotatable bonds is 7. The van der Waals surface area contributed by atoms with Crippen molar-refractivity contribution in [2.24, 2.45) is 0 Å². The topological polar surface area (TPSA) is 41.5 Å². The first-order chi connectivity index (χ1) is 9.38. The van der Waals surface area contributed by atoms with Crippen LogP contribution in [0.15, 0.2) is 18.2 Å². The molecule has 3 heteroatoms. The van der Waals surface area contributed by atoms with Crippen LogP contribution in [0, 0.1) is 6.92 Å². The highest BCUT2D eigenvalue weighted by Crippen LogP contribution is 2.32. The first-order valence-electron chi connectivity index (χ1n) is 7.46. The average molecular weight is 279 g/mol. The van der Waals surface area contributed by atoms with E-state index in [4.69, 9.17) is 4.74 Å². The number of aliphatic hydroxyl groups is 1. The van der Waals surface area contributed by atoms with Gasteiger partial charge in [0.25, 0.3) is 0 Å². The molecule has 0 aliphatic heterocycles. The molecule has 0 amide bonds. The Morgan fingerprint density at radius 2 is 2.00 bits per heavy atom. The van der Waals surface area contributed by atoms with E-state index in [1.54, 1.807) is 0 Å². The van der Waals surface area contributed by atoms with Crippen molar-refractivity contribution in [2.45, 2.75) is 52.5 Å². The minimum atomic E-state index is -0.0101. The number of aryl methyl sites for hydroxylation is 1. The molecule has 0 fully saturated rings. The van der Waals surface area contributed by atoms with E-state index in [9.17, 15) is 5.11 Å². The van der Waals surface area contributed by atoms with Crippen LogP contribution in [-0.2, 0) is 5.41 Å². The number of hydrogen-bond donors (Lipinski definition) is 2. The molecule has 1 rings (SSSR count). The lowest BCUT2D eigenvalue weighted by Crippen LogP contribution is -2.38. The molecule has 0 saturated carbocycles. The van der Waals surface area contributed by atoms with Crippen LogP contribution < -0.4 is 10.1 Å². The molecule has 2 N–H and O–H groups in total. The van der Waals surface area contributed by atoms with E-state index < -0.39 is 0 Å². The molecule has 0 aliphatic carbocycles. The molecule has 0 aromatic heterocycles. The standard InChI is InChI=1S/C17H29NO2/c1-6-9-18-14(11-19)12-20-16-8-7-13(2)10-15(16)17(3,4)5/h7-8,10,14,18-19H,6,9,11-12H2,1-5H3. The van der Waals surface area contributed by atoms with Crippen molar-refractivity contribution in [2.75, 3.05) is 19.8 Å². The molecule has 20 heavy (non-hydrogen) atoms. The zero-order chi connectivity index (χ0) is 15.2. The molecule has 1 aromatic rings. The third-order valence-electron chi connectivity index (χ3n) is 3.29. The largest absolute Gasteiger partial charge is 0.492 e. The highest BCUT2D eigenvalue weighted by molar-refractivity contribution is 5.41. The molecule has 1 atom stereocenters. The smallest absolute Gasteiger partial charge is 0.123 e. The molecule has 1 aromatic carbocycles. The van der Waals surface area contributed by atoms with Crippen LogP contribution in [0.1, 0.15) is 45.2 Å². The minimum Gasteiger partial charge on any atom is -0.492 e. The lowest BCUT2D eigenvalue weighted by Gasteiger charge is -2.25. The Morgan fingerprint density at radius 3 is 2.55 bits per heavy atom. The van der Waals surface area contributed by atoms with Gasteiger partial charge in [-0.25, -0.2) is 0 Å². The number of nitrogens with one attached hydrogen (secondary N) is 1. The van der Waals surface area contributed by atoms with Crippen molar-refractivity contribution in [1.82, 2.24) is 5.32 Å². The van der Waals surface area contributed by atoms with E-state index in [2.05, 4.69) is 52.1 Å². The summed E-state index contributed by atoms with van der Waals surface area (Å²) in [5.74, 6) is 0.917. The second-order valence-electron chi connectivity index (χ2n) is 6.39. The maximum Gasteiger partial charge on any atom is 0.123 e. The molecule has 0 bridgehead atoms. The van der Waals surface area contributed by atoms with Gasteiger partial charge in [-0.1, -0.05) is 45.4 Å². The van der Waals surface area contributed by atoms with Crippen LogP contribution in [0.2, 0.25) is 0 Å². The van der Waals surface area contributed by atoms with Crippen LogP contribution in [-0.4, -0.2) is 30.9 Å². The van der Waals surface area contributed by atoms with Gasteiger partial charge in [0.2, 0.25) is 0 Å². The van der Waals surface area contributed by atoms with Gasteiger partial charge in [0.1, 0.15) is 12.4 Å². The Labute approximate surface area is 123 Å². The summed E-state index contributed by atoms with van der Waals surface area (Å²) in [4.78, 5) is 0. The van der Waals surface area contributed by atoms with E-state index in [0.29, 0.717) is 6.61 Å². The Morgan fingerprint density at radius 1 is 1.30 bits per heavy atom. The number of benzene rings is 1. The van der Waals surface area contributed by atoms with Crippen molar-refractivity contribution in [3.05, 3.63) is 29.3 Å². The number of aliphatic hydroxyl groups excluding tert-OH is 1. The fourth-order valence-corrected chi connectivity index (χ4v) is 2.07. The molecule has 0 heterocycles. The summed E-state index contributed by atoms with van der Waals surface area (Å²) in [6.07, 6.45) is 1.05. The Kier molecular flexibility index (Phi) is 6.50. The number of ether oxygens (including phenoxy) is 1. The average Bonchev–Trinajstić information content (AvgIpc) is 2.39. The zero-order valence-corrected chi connectivity index (χ0v) is 13.5. The highest BCUT2D eigenvalue weighted by atomic mass is 16.5. The summed E-state index contributed by atoms with van der Waals surface area (Å²) >= 11 is 0. The normalized spacial score (nSPS) is 13.3. The Balaban J connectivity index is 2.76. The Bertz CT molecular complexity index is 410. The van der Waals surface area contributed by atoms with Crippen LogP contribution in [0.5, 0.6) is 5.75 Å². The van der Waals surface area contributed by atoms with Gasteiger partial charge in [0.05, 0.1) is 12.6 Å². The van der Waals surface area contributed by atoms with Gasteiger partial charge in [-0.15, -0.1) is 0 Å². The molecular weight excluding hydrogens is 250 g/mol. The zero-order valence-electron chi connectivity index (χ0n) is 13.5. The first-order valence-corrected chi connectivity index (χ1v) is 7.46. The van der Waals surface area contributed by atoms with E-state index >= 15 is 0 Å². The summed E-state index contributed by atoms with van der Waals surface area (Å²) in [7, 11) is 0. The monoisotopic (exact) mass is 279 g/mol. The van der Waals surface area contributed by atoms with Crippen molar-refractivity contribution >= 4 is 0 Å². The van der Waals surface area contributed by atoms with Crippen LogP contribution >= 0.6 is 0 Å². The van der Waals surface area contributed by atoms with Gasteiger partial charge in [-0.2, -0.15) is 0 Å². The van der Waals surface area contributed by atoms with Crippen LogP contribution in [0.25, 0.3) is 0 Å². The third kappa shape index (κ3) is 5.14. The van der Waals surface area contributed by atoms with E-state index in [1.165, 1.54) is 11.1 Å². The van der Waals surface area contributed by atoms with E-state index in [1.807, 2.05) is 6.07 Å². The van der Waals surface area contributed by atoms with Gasteiger partial charge in [0.15, 0.2) is 0 Å². The lowest BCUT2D eigenvalue weighted by molar-refractivity contribution is 0.181. The molecule has 0 spiro atoms. The first kappa shape index (κ1) is 17.0. The van der Waals surface area contributed by atoms with Crippen molar-refractivity contribution < 1.29 is 9.84 Å². The third-order valence-corrected chi connectivity index (χ3v) is 3.29. The van der Waals surface area contributed by atoms with Gasteiger partial charge < -0.3 is 15.2 Å². The fraction of sp³-hybridized carbons (Fsp3) is 0.647. The van der Waals surface area contributed by atoms with E-state index in [0.717, 1.165) is 18.7 Å². The number of hydrogen-bond acceptors (Lipinski definition) is 3. The maximum absolute atomic E-state index is 9.36. The van der Waals surface area contributed by atoms with Crippen molar-refractivity contribution in [3.63, 3.8) is 0 Å². The van der Waals surface area contributed by atoms with Gasteiger partial charge in [-0.3, -0.25) is 0 Å². The van der Waals surface area contributed by atoms with Crippen LogP contribution in [0.4, 0.5) is 0 Å². The maximum atomic E-state index is 9.36. The fourth-order valence-electron chi connectivity index (χ4n) is 2.07. The predicted molar refractivity (Wildman–Crippen MR) is 84.5 cm³/mol. The second-order valence-corrected chi connectivity index (χ2v) is 6.39.